The maximum Gasteiger partial charge on any atom is 0.262 e. The maximum atomic E-state index is 14.0. The Hall–Kier alpha value is -2.85. The van der Waals surface area contributed by atoms with Gasteiger partial charge in [-0.3, -0.25) is 9.52 Å². The highest BCUT2D eigenvalue weighted by molar-refractivity contribution is 7.90. The number of benzene rings is 2. The van der Waals surface area contributed by atoms with Crippen LogP contribution in [0.1, 0.15) is 47.0 Å². The average Bonchev–Trinajstić information content (AvgIpc) is 3.53. The van der Waals surface area contributed by atoms with Crippen LogP contribution in [-0.4, -0.2) is 41.0 Å². The molecular weight excluding hydrogens is 555 g/mol. The summed E-state index contributed by atoms with van der Waals surface area (Å²) in [5, 5.41) is 4.63. The fourth-order valence-corrected chi connectivity index (χ4v) is 12.2. The number of nitrogens with one attached hydrogen (secondary N) is 1. The van der Waals surface area contributed by atoms with E-state index in [1.54, 1.807) is 6.20 Å². The lowest BCUT2D eigenvalue weighted by Crippen LogP contribution is -2.68. The Kier molecular flexibility index (Phi) is 8.56. The van der Waals surface area contributed by atoms with Crippen molar-refractivity contribution in [3.8, 4) is 0 Å². The van der Waals surface area contributed by atoms with Crippen molar-refractivity contribution in [2.45, 2.75) is 58.1 Å². The summed E-state index contributed by atoms with van der Waals surface area (Å²) >= 11 is 1.42. The molecular formula is C31H37N3O3S2Si. The number of allylic oxidation sites excluding steroid dienone is 4. The van der Waals surface area contributed by atoms with Gasteiger partial charge in [0.05, 0.1) is 0 Å². The first kappa shape index (κ1) is 28.7. The number of hydrogen-bond acceptors (Lipinski definition) is 5. The third-order valence-electron chi connectivity index (χ3n) is 7.82. The Labute approximate surface area is 244 Å². The van der Waals surface area contributed by atoms with Gasteiger partial charge >= 0.3 is 0 Å². The number of nitrogens with zero attached hydrogens (tertiary/aromatic N) is 2. The fourth-order valence-electron chi connectivity index (χ4n) is 5.77. The van der Waals surface area contributed by atoms with E-state index in [4.69, 9.17) is 4.43 Å². The summed E-state index contributed by atoms with van der Waals surface area (Å²) in [4.78, 5) is 20.9. The first-order valence-corrected chi connectivity index (χ1v) is 17.7. The third kappa shape index (κ3) is 5.65. The van der Waals surface area contributed by atoms with Crippen LogP contribution >= 0.6 is 11.3 Å². The number of hydrogen-bond donors (Lipinski definition) is 1. The lowest BCUT2D eigenvalue weighted by Gasteiger charge is -2.44. The van der Waals surface area contributed by atoms with Crippen LogP contribution in [0.3, 0.4) is 0 Å². The predicted molar refractivity (Wildman–Crippen MR) is 167 cm³/mol. The van der Waals surface area contributed by atoms with Crippen LogP contribution in [0.15, 0.2) is 95.0 Å². The molecule has 2 aromatic carbocycles. The number of thiazole rings is 1. The smallest absolute Gasteiger partial charge is 0.262 e. The molecule has 210 valence electrons. The van der Waals surface area contributed by atoms with E-state index in [0.717, 1.165) is 23.4 Å². The van der Waals surface area contributed by atoms with Crippen molar-refractivity contribution in [3.63, 3.8) is 0 Å². The van der Waals surface area contributed by atoms with Gasteiger partial charge in [-0.1, -0.05) is 88.4 Å². The maximum absolute atomic E-state index is 14.0. The normalized spacial score (nSPS) is 21.0. The molecule has 0 saturated carbocycles. The van der Waals surface area contributed by atoms with Crippen molar-refractivity contribution in [1.29, 1.82) is 0 Å². The Morgan fingerprint density at radius 3 is 2.25 bits per heavy atom. The molecule has 1 aliphatic carbocycles. The zero-order chi connectivity index (χ0) is 28.3. The Morgan fingerprint density at radius 2 is 1.68 bits per heavy atom. The number of carbonyl (C=O) groups excluding carboxylic acids is 1. The number of rotatable bonds is 8. The Morgan fingerprint density at radius 1 is 1.02 bits per heavy atom. The van der Waals surface area contributed by atoms with Gasteiger partial charge in [-0.15, -0.1) is 11.3 Å². The van der Waals surface area contributed by atoms with Gasteiger partial charge in [0.2, 0.25) is 0 Å². The van der Waals surface area contributed by atoms with E-state index in [2.05, 4.69) is 85.9 Å². The Bertz CT molecular complexity index is 1360. The van der Waals surface area contributed by atoms with E-state index < -0.39 is 25.4 Å². The summed E-state index contributed by atoms with van der Waals surface area (Å²) in [5.74, 6) is 0.134. The lowest BCUT2D eigenvalue weighted by atomic mass is 10.1. The van der Waals surface area contributed by atoms with Crippen molar-refractivity contribution < 1.29 is 13.4 Å². The third-order valence-corrected chi connectivity index (χ3v) is 15.0. The van der Waals surface area contributed by atoms with Crippen molar-refractivity contribution in [2.75, 3.05) is 11.3 Å². The molecule has 0 radical (unpaired) electrons. The Balaban J connectivity index is 1.42. The van der Waals surface area contributed by atoms with Crippen LogP contribution < -0.4 is 15.1 Å². The van der Waals surface area contributed by atoms with E-state index in [0.29, 0.717) is 18.1 Å². The summed E-state index contributed by atoms with van der Waals surface area (Å²) in [6.07, 6.45) is 7.27. The summed E-state index contributed by atoms with van der Waals surface area (Å²) in [6, 6.07) is 20.9. The monoisotopic (exact) mass is 591 g/mol. The number of carbonyl (C=O) groups is 1. The van der Waals surface area contributed by atoms with Gasteiger partial charge in [0.25, 0.3) is 14.2 Å². The molecule has 1 saturated heterocycles. The predicted octanol–water partition coefficient (Wildman–Crippen LogP) is 5.59. The van der Waals surface area contributed by atoms with Gasteiger partial charge in [-0.05, 0) is 52.7 Å². The van der Waals surface area contributed by atoms with Gasteiger partial charge in [-0.25, -0.2) is 9.19 Å². The van der Waals surface area contributed by atoms with Gasteiger partial charge in [0.15, 0.2) is 5.13 Å². The quantitative estimate of drug-likeness (QED) is 0.347. The second-order valence-corrected chi connectivity index (χ2v) is 17.8. The SMILES string of the molecule is CC1CCC(N2CCC(O[Si](c3ccccc3)(c3ccccc3)C(C)(C)C)C2=O)=CC=C1S(=O)Nc1nccs1. The fraction of sp³-hybridized carbons (Fsp3) is 0.355. The molecule has 3 atom stereocenters. The molecule has 5 rings (SSSR count). The number of amides is 1. The van der Waals surface area contributed by atoms with Crippen molar-refractivity contribution >= 4 is 52.1 Å². The molecule has 40 heavy (non-hydrogen) atoms. The van der Waals surface area contributed by atoms with Gasteiger partial charge in [0, 0.05) is 28.7 Å². The molecule has 0 bridgehead atoms. The molecule has 1 aliphatic heterocycles. The molecule has 1 fully saturated rings. The van der Waals surface area contributed by atoms with Crippen LogP contribution in [0.25, 0.3) is 0 Å². The van der Waals surface area contributed by atoms with E-state index in [1.807, 2.05) is 34.6 Å². The van der Waals surface area contributed by atoms with E-state index in [1.165, 1.54) is 21.7 Å². The summed E-state index contributed by atoms with van der Waals surface area (Å²) in [7, 11) is -4.23. The van der Waals surface area contributed by atoms with Gasteiger partial charge in [0.1, 0.15) is 17.1 Å². The van der Waals surface area contributed by atoms with E-state index >= 15 is 0 Å². The van der Waals surface area contributed by atoms with Gasteiger partial charge < -0.3 is 9.33 Å². The van der Waals surface area contributed by atoms with E-state index in [9.17, 15) is 9.00 Å². The second kappa shape index (κ2) is 11.9. The van der Waals surface area contributed by atoms with Crippen molar-refractivity contribution in [3.05, 3.63) is 95.0 Å². The van der Waals surface area contributed by atoms with Crippen molar-refractivity contribution in [1.82, 2.24) is 9.88 Å². The molecule has 2 heterocycles. The standard InChI is InChI=1S/C31H37N3O3S2Si/c1-23-15-16-24(17-18-28(23)39(36)33-30-32-20-22-38-30)34-21-19-27(29(34)35)37-40(31(2,3)4,25-11-7-5-8-12-25)26-13-9-6-10-14-26/h5-14,17-18,20,22-23,27H,15-16,19,21H2,1-4H3,(H,32,33). The second-order valence-electron chi connectivity index (χ2n) is 11.4. The molecule has 3 aromatic rings. The van der Waals surface area contributed by atoms with Gasteiger partial charge in [-0.2, -0.15) is 0 Å². The molecule has 3 unspecified atom stereocenters. The molecule has 1 amide bonds. The zero-order valence-corrected chi connectivity index (χ0v) is 26.1. The number of aromatic nitrogens is 1. The number of anilines is 1. The molecule has 0 spiro atoms. The minimum absolute atomic E-state index is 0.0192. The van der Waals surface area contributed by atoms with Crippen molar-refractivity contribution in [2.24, 2.45) is 5.92 Å². The van der Waals surface area contributed by atoms with Crippen LogP contribution in [-0.2, 0) is 20.2 Å². The first-order valence-electron chi connectivity index (χ1n) is 13.8. The van der Waals surface area contributed by atoms with Crippen LogP contribution in [0, 0.1) is 5.92 Å². The zero-order valence-electron chi connectivity index (χ0n) is 23.5. The highest BCUT2D eigenvalue weighted by atomic mass is 32.2. The van der Waals surface area contributed by atoms with E-state index in [-0.39, 0.29) is 16.9 Å². The number of likely N-dealkylation sites (tertiary alicyclic amines) is 1. The largest absolute Gasteiger partial charge is 0.395 e. The highest BCUT2D eigenvalue weighted by Crippen LogP contribution is 2.39. The summed E-state index contributed by atoms with van der Waals surface area (Å²) in [6.45, 7) is 9.41. The van der Waals surface area contributed by atoms with Crippen LogP contribution in [0.2, 0.25) is 5.04 Å². The minimum atomic E-state index is -2.85. The molecule has 1 aromatic heterocycles. The minimum Gasteiger partial charge on any atom is -0.395 e. The molecule has 9 heteroatoms. The highest BCUT2D eigenvalue weighted by Gasteiger charge is 2.53. The topological polar surface area (TPSA) is 71.5 Å². The average molecular weight is 592 g/mol. The first-order chi connectivity index (χ1) is 19.2. The van der Waals surface area contributed by atoms with Crippen LogP contribution in [0.4, 0.5) is 5.13 Å². The summed E-state index contributed by atoms with van der Waals surface area (Å²) < 4.78 is 23.3. The molecule has 2 aliphatic rings. The summed E-state index contributed by atoms with van der Waals surface area (Å²) in [5.41, 5.74) is 0.964. The molecule has 1 N–H and O–H groups in total. The lowest BCUT2D eigenvalue weighted by molar-refractivity contribution is -0.132. The molecule has 6 nitrogen and oxygen atoms in total. The van der Waals surface area contributed by atoms with Crippen LogP contribution in [0.5, 0.6) is 0 Å².